The van der Waals surface area contributed by atoms with Gasteiger partial charge in [-0.1, -0.05) is 148 Å². The minimum absolute atomic E-state index is 0.0299. The van der Waals surface area contributed by atoms with E-state index in [9.17, 15) is 75.2 Å². The Hall–Kier alpha value is -1.81. The van der Waals surface area contributed by atoms with Crippen LogP contribution in [0, 0.1) is 0 Å². The molecule has 3 fully saturated rings. The van der Waals surface area contributed by atoms with E-state index >= 15 is 0 Å². The number of esters is 2. The number of aliphatic hydroxyl groups is 11. The Morgan fingerprint density at radius 3 is 1.26 bits per heavy atom. The number of allylic oxidation sites excluding steroid dienone is 2. The molecule has 0 aromatic carbocycles. The van der Waals surface area contributed by atoms with Gasteiger partial charge in [0.2, 0.25) is 0 Å². The first-order valence-electron chi connectivity index (χ1n) is 29.0. The van der Waals surface area contributed by atoms with Gasteiger partial charge in [0.15, 0.2) is 18.7 Å². The van der Waals surface area contributed by atoms with E-state index in [1.165, 1.54) is 77.0 Å². The summed E-state index contributed by atoms with van der Waals surface area (Å²) in [7, 11) is -5.63. The lowest BCUT2D eigenvalue weighted by Crippen LogP contribution is -2.69. The van der Waals surface area contributed by atoms with E-state index in [0.717, 1.165) is 70.6 Å². The van der Waals surface area contributed by atoms with Crippen LogP contribution < -0.4 is 0 Å². The monoisotopic (exact) mass is 1150 g/mol. The Kier molecular flexibility index (Phi) is 35.8. The van der Waals surface area contributed by atoms with Crippen LogP contribution in [0.25, 0.3) is 0 Å². The quantitative estimate of drug-likeness (QED) is 0.0180. The maximum absolute atomic E-state index is 14.0. The Morgan fingerprint density at radius 2 is 0.846 bits per heavy atom. The fraction of sp³-hybridized carbons (Fsp3) is 0.926. The van der Waals surface area contributed by atoms with Gasteiger partial charge in [0.1, 0.15) is 92.1 Å². The Balaban J connectivity index is 1.70. The third-order valence-electron chi connectivity index (χ3n) is 14.6. The summed E-state index contributed by atoms with van der Waals surface area (Å²) in [5, 5.41) is 116. The zero-order chi connectivity index (χ0) is 57.5. The predicted octanol–water partition coefficient (Wildman–Crippen LogP) is 3.54. The molecule has 0 radical (unpaired) electrons. The highest BCUT2D eigenvalue weighted by Crippen LogP contribution is 2.49. The molecule has 2 saturated heterocycles. The zero-order valence-corrected chi connectivity index (χ0v) is 47.1. The number of hydrogen-bond acceptors (Lipinski definition) is 22. The molecular weight excluding hydrogens is 1050 g/mol. The molecule has 1 saturated carbocycles. The number of rotatable bonds is 42. The molecule has 458 valence electrons. The molecule has 3 rings (SSSR count). The number of aliphatic hydroxyl groups excluding tert-OH is 11. The Bertz CT molecular complexity index is 1610. The second-order valence-corrected chi connectivity index (χ2v) is 22.6. The van der Waals surface area contributed by atoms with Gasteiger partial charge in [-0.05, 0) is 38.5 Å². The van der Waals surface area contributed by atoms with Gasteiger partial charge >= 0.3 is 19.8 Å². The molecule has 0 aromatic heterocycles. The van der Waals surface area contributed by atoms with E-state index in [1.54, 1.807) is 0 Å². The van der Waals surface area contributed by atoms with E-state index < -0.39 is 150 Å². The van der Waals surface area contributed by atoms with Gasteiger partial charge in [-0.15, -0.1) is 0 Å². The van der Waals surface area contributed by atoms with Crippen LogP contribution >= 0.6 is 7.82 Å². The number of carbonyl (C=O) groups is 2. The first kappa shape index (κ1) is 70.5. The normalized spacial score (nSPS) is 31.8. The predicted molar refractivity (Wildman–Crippen MR) is 282 cm³/mol. The number of phosphoric acid groups is 1. The van der Waals surface area contributed by atoms with Crippen LogP contribution in [-0.2, 0) is 51.6 Å². The second kappa shape index (κ2) is 39.6. The van der Waals surface area contributed by atoms with Crippen LogP contribution in [-0.4, -0.2) is 204 Å². The van der Waals surface area contributed by atoms with Crippen molar-refractivity contribution in [2.45, 2.75) is 291 Å². The summed E-state index contributed by atoms with van der Waals surface area (Å²) in [5.74, 6) is -1.34. The summed E-state index contributed by atoms with van der Waals surface area (Å²) in [5.41, 5.74) is 0. The molecule has 2 aliphatic heterocycles. The first-order valence-corrected chi connectivity index (χ1v) is 30.5. The average molecular weight is 1150 g/mol. The van der Waals surface area contributed by atoms with Crippen LogP contribution in [0.15, 0.2) is 12.2 Å². The molecule has 78 heavy (non-hydrogen) atoms. The number of unbranched alkanes of at least 4 members (excludes halogenated alkanes) is 22. The summed E-state index contributed by atoms with van der Waals surface area (Å²) in [4.78, 5) is 37.4. The summed E-state index contributed by atoms with van der Waals surface area (Å²) in [6.07, 6.45) is -3.61. The van der Waals surface area contributed by atoms with Gasteiger partial charge in [-0.2, -0.15) is 0 Å². The maximum Gasteiger partial charge on any atom is 0.472 e. The first-order chi connectivity index (χ1) is 37.4. The van der Waals surface area contributed by atoms with Crippen molar-refractivity contribution in [1.29, 1.82) is 0 Å². The van der Waals surface area contributed by atoms with Crippen molar-refractivity contribution in [2.24, 2.45) is 0 Å². The third kappa shape index (κ3) is 25.4. The van der Waals surface area contributed by atoms with Crippen molar-refractivity contribution >= 4 is 19.8 Å². The highest BCUT2D eigenvalue weighted by atomic mass is 31.2. The average Bonchev–Trinajstić information content (AvgIpc) is 3.44. The maximum atomic E-state index is 14.0. The van der Waals surface area contributed by atoms with Crippen LogP contribution in [0.1, 0.15) is 187 Å². The van der Waals surface area contributed by atoms with Gasteiger partial charge in [-0.25, -0.2) is 4.57 Å². The van der Waals surface area contributed by atoms with Crippen LogP contribution in [0.3, 0.4) is 0 Å². The molecular formula is C54H99O23P. The van der Waals surface area contributed by atoms with E-state index in [2.05, 4.69) is 26.0 Å². The van der Waals surface area contributed by atoms with Crippen molar-refractivity contribution in [2.75, 3.05) is 26.4 Å². The van der Waals surface area contributed by atoms with Crippen molar-refractivity contribution in [1.82, 2.24) is 0 Å². The van der Waals surface area contributed by atoms with Crippen LogP contribution in [0.5, 0.6) is 0 Å². The van der Waals surface area contributed by atoms with Crippen LogP contribution in [0.2, 0.25) is 0 Å². The van der Waals surface area contributed by atoms with Crippen molar-refractivity contribution < 1.29 is 113 Å². The fourth-order valence-electron chi connectivity index (χ4n) is 9.70. The molecule has 18 atom stereocenters. The molecule has 0 aromatic rings. The zero-order valence-electron chi connectivity index (χ0n) is 46.2. The van der Waals surface area contributed by atoms with Crippen LogP contribution in [0.4, 0.5) is 0 Å². The Morgan fingerprint density at radius 1 is 0.474 bits per heavy atom. The molecule has 23 nitrogen and oxygen atoms in total. The second-order valence-electron chi connectivity index (χ2n) is 21.2. The van der Waals surface area contributed by atoms with Gasteiger partial charge in [0.25, 0.3) is 0 Å². The number of carbonyl (C=O) groups excluding carboxylic acids is 2. The topological polar surface area (TPSA) is 368 Å². The molecule has 24 heteroatoms. The highest BCUT2D eigenvalue weighted by Gasteiger charge is 2.58. The fourth-order valence-corrected chi connectivity index (χ4v) is 10.7. The lowest BCUT2D eigenvalue weighted by Gasteiger charge is -2.49. The van der Waals surface area contributed by atoms with Crippen molar-refractivity contribution in [3.63, 3.8) is 0 Å². The standard InChI is InChI=1S/C54H99O23P/c1-3-5-7-9-11-13-15-16-17-18-19-21-22-24-26-28-30-39(57)70-34-36(72-40(58)31-29-27-25-23-20-14-12-10-8-6-4-2)35-71-78(68,69)77-52-50(75-53-48(66)43(61)41(59)37(32-55)73-53)46(64)45(63)47(65)51(52)76-54-49(67)44(62)42(60)38(33-56)74-54/h17-18,36-38,41-56,59-67H,3-16,19-35H2,1-2H3,(H,68,69)/b18-17-/t36-,37?,38?,41-,42+,43?,44?,45?,46?,47?,48-,49+,50-,51?,52?,53-,54+/m1/s1. The smallest absolute Gasteiger partial charge is 0.462 e. The molecule has 2 heterocycles. The summed E-state index contributed by atoms with van der Waals surface area (Å²) in [6, 6.07) is 0. The molecule has 10 unspecified atom stereocenters. The van der Waals surface area contributed by atoms with E-state index in [4.69, 9.17) is 37.5 Å². The van der Waals surface area contributed by atoms with E-state index in [-0.39, 0.29) is 12.8 Å². The van der Waals surface area contributed by atoms with Gasteiger partial charge < -0.3 is 89.5 Å². The Labute approximate surface area is 461 Å². The minimum Gasteiger partial charge on any atom is -0.462 e. The summed E-state index contributed by atoms with van der Waals surface area (Å²) >= 11 is 0. The third-order valence-corrected chi connectivity index (χ3v) is 15.6. The highest BCUT2D eigenvalue weighted by molar-refractivity contribution is 7.47. The SMILES string of the molecule is CCCCCCCCC/C=C\CCCCCCCC(=O)OC[C@H](COP(=O)(O)OC1C(O[C@@H]2OC(CO)[C@H](O)C(O)[C@@H]2O)C(O)C(O)C(O)[C@H]1O[C@H]1OC(CO)[C@@H](O)C(O)[C@H]1O)OC(=O)CCCCCCCCCCCCC. The van der Waals surface area contributed by atoms with Gasteiger partial charge in [0.05, 0.1) is 19.8 Å². The lowest BCUT2D eigenvalue weighted by molar-refractivity contribution is -0.360. The molecule has 0 amide bonds. The summed E-state index contributed by atoms with van der Waals surface area (Å²) in [6.45, 7) is 0.981. The van der Waals surface area contributed by atoms with Crippen molar-refractivity contribution in [3.8, 4) is 0 Å². The number of hydrogen-bond donors (Lipinski definition) is 12. The number of phosphoric ester groups is 1. The van der Waals surface area contributed by atoms with Crippen molar-refractivity contribution in [3.05, 3.63) is 12.2 Å². The van der Waals surface area contributed by atoms with E-state index in [1.807, 2.05) is 0 Å². The molecule has 0 spiro atoms. The lowest BCUT2D eigenvalue weighted by atomic mass is 9.84. The van der Waals surface area contributed by atoms with Gasteiger partial charge in [-0.3, -0.25) is 18.6 Å². The minimum atomic E-state index is -5.63. The molecule has 1 aliphatic carbocycles. The molecule has 12 N–H and O–H groups in total. The summed E-state index contributed by atoms with van der Waals surface area (Å²) < 4.78 is 58.0. The molecule has 3 aliphatic rings. The largest absolute Gasteiger partial charge is 0.472 e. The molecule has 0 bridgehead atoms. The number of ether oxygens (including phenoxy) is 6. The van der Waals surface area contributed by atoms with Gasteiger partial charge in [0, 0.05) is 12.8 Å². The van der Waals surface area contributed by atoms with E-state index in [0.29, 0.717) is 12.8 Å².